The first-order valence-electron chi connectivity index (χ1n) is 7.81. The quantitative estimate of drug-likeness (QED) is 0.470. The largest absolute Gasteiger partial charge is 0.482 e. The number of aliphatic hydroxyl groups excluding tert-OH is 1. The fraction of sp³-hybridized carbons (Fsp3) is 0.353. The van der Waals surface area contributed by atoms with Crippen LogP contribution >= 0.6 is 0 Å². The van der Waals surface area contributed by atoms with Gasteiger partial charge >= 0.3 is 11.9 Å². The Kier molecular flexibility index (Phi) is 3.20. The molecule has 1 aromatic carbocycles. The van der Waals surface area contributed by atoms with Crippen molar-refractivity contribution in [3.8, 4) is 11.5 Å². The molecule has 0 saturated carbocycles. The smallest absolute Gasteiger partial charge is 0.384 e. The maximum absolute atomic E-state index is 14.2. The molecule has 0 spiro atoms. The van der Waals surface area contributed by atoms with E-state index in [9.17, 15) is 24.4 Å². The molecule has 2 aliphatic rings. The number of ether oxygens (including phenoxy) is 2. The van der Waals surface area contributed by atoms with Gasteiger partial charge in [-0.05, 0) is 32.9 Å². The van der Waals surface area contributed by atoms with E-state index >= 15 is 0 Å². The van der Waals surface area contributed by atoms with Crippen LogP contribution in [0.2, 0.25) is 0 Å². The second-order valence-corrected chi connectivity index (χ2v) is 6.80. The van der Waals surface area contributed by atoms with Gasteiger partial charge in [0.1, 0.15) is 17.1 Å². The highest BCUT2D eigenvalue weighted by molar-refractivity contribution is 5.97. The lowest BCUT2D eigenvalue weighted by Gasteiger charge is -2.29. The maximum atomic E-state index is 14.2. The predicted octanol–water partition coefficient (Wildman–Crippen LogP) is 2.45. The van der Waals surface area contributed by atoms with Crippen LogP contribution in [0.25, 0.3) is 17.0 Å². The number of nitro groups is 1. The van der Waals surface area contributed by atoms with Gasteiger partial charge in [0, 0.05) is 5.56 Å². The summed E-state index contributed by atoms with van der Waals surface area (Å²) in [7, 11) is 0. The van der Waals surface area contributed by atoms with Gasteiger partial charge in [-0.1, -0.05) is 0 Å². The van der Waals surface area contributed by atoms with E-state index in [4.69, 9.17) is 13.9 Å². The van der Waals surface area contributed by atoms with Crippen LogP contribution in [0.1, 0.15) is 36.6 Å². The Morgan fingerprint density at radius 3 is 2.69 bits per heavy atom. The number of nitrogens with zero attached hydrogens (tertiary/aromatic N) is 1. The van der Waals surface area contributed by atoms with Crippen molar-refractivity contribution in [3.63, 3.8) is 0 Å². The zero-order chi connectivity index (χ0) is 19.0. The number of hydrogen-bond acceptors (Lipinski definition) is 7. The number of fused-ring (bicyclic) bond motifs is 6. The van der Waals surface area contributed by atoms with Gasteiger partial charge in [-0.3, -0.25) is 10.1 Å². The standard InChI is InChI=1S/C17H14FNO7/c1-6-8-13-7(4-5-17(2,3)26-13)12-9(11(20)15(24-12)19(22)23)14(8)25-16(21)10(6)18/h4-5,11,15,20H,1-3H3/t11-,15-/m0/s1. The average Bonchev–Trinajstić information content (AvgIpc) is 2.89. The summed E-state index contributed by atoms with van der Waals surface area (Å²) in [5.41, 5.74) is -1.92. The summed E-state index contributed by atoms with van der Waals surface area (Å²) in [6, 6.07) is 0. The summed E-state index contributed by atoms with van der Waals surface area (Å²) < 4.78 is 30.5. The molecule has 0 saturated heterocycles. The van der Waals surface area contributed by atoms with Gasteiger partial charge in [-0.15, -0.1) is 0 Å². The molecule has 0 fully saturated rings. The van der Waals surface area contributed by atoms with Crippen molar-refractivity contribution in [2.45, 2.75) is 38.7 Å². The van der Waals surface area contributed by atoms with Gasteiger partial charge in [0.2, 0.25) is 5.82 Å². The third-order valence-corrected chi connectivity index (χ3v) is 4.54. The van der Waals surface area contributed by atoms with Crippen LogP contribution in [-0.4, -0.2) is 21.9 Å². The van der Waals surface area contributed by atoms with Crippen LogP contribution in [0.15, 0.2) is 15.3 Å². The second kappa shape index (κ2) is 5.04. The van der Waals surface area contributed by atoms with E-state index in [0.29, 0.717) is 5.56 Å². The molecule has 0 unspecified atom stereocenters. The highest BCUT2D eigenvalue weighted by atomic mass is 19.1. The van der Waals surface area contributed by atoms with E-state index in [1.165, 1.54) is 6.92 Å². The van der Waals surface area contributed by atoms with Crippen LogP contribution in [0, 0.1) is 22.9 Å². The topological polar surface area (TPSA) is 112 Å². The van der Waals surface area contributed by atoms with Gasteiger partial charge in [-0.2, -0.15) is 4.39 Å². The Labute approximate surface area is 145 Å². The molecule has 1 N–H and O–H groups in total. The van der Waals surface area contributed by atoms with Crippen molar-refractivity contribution in [3.05, 3.63) is 49.1 Å². The fourth-order valence-corrected chi connectivity index (χ4v) is 3.29. The normalized spacial score (nSPS) is 22.5. The number of hydrogen-bond donors (Lipinski definition) is 1. The van der Waals surface area contributed by atoms with E-state index in [-0.39, 0.29) is 33.6 Å². The minimum absolute atomic E-state index is 0.0115. The zero-order valence-corrected chi connectivity index (χ0v) is 14.0. The lowest BCUT2D eigenvalue weighted by atomic mass is 9.94. The summed E-state index contributed by atoms with van der Waals surface area (Å²) >= 11 is 0. The minimum atomic E-state index is -1.77. The predicted molar refractivity (Wildman–Crippen MR) is 87.3 cm³/mol. The number of halogens is 1. The third-order valence-electron chi connectivity index (χ3n) is 4.54. The molecule has 0 radical (unpaired) electrons. The van der Waals surface area contributed by atoms with Gasteiger partial charge < -0.3 is 19.0 Å². The molecule has 26 heavy (non-hydrogen) atoms. The summed E-state index contributed by atoms with van der Waals surface area (Å²) in [5, 5.41) is 21.7. The highest BCUT2D eigenvalue weighted by Gasteiger charge is 2.47. The summed E-state index contributed by atoms with van der Waals surface area (Å²) in [5.74, 6) is -0.917. The van der Waals surface area contributed by atoms with Crippen molar-refractivity contribution in [2.24, 2.45) is 0 Å². The molecule has 136 valence electrons. The number of aliphatic hydroxyl groups is 1. The molecule has 4 rings (SSSR count). The molecule has 3 heterocycles. The van der Waals surface area contributed by atoms with Gasteiger partial charge in [0.15, 0.2) is 11.7 Å². The van der Waals surface area contributed by atoms with Crippen molar-refractivity contribution >= 4 is 17.0 Å². The molecular formula is C17H14FNO7. The Hall–Kier alpha value is -2.94. The molecular weight excluding hydrogens is 349 g/mol. The fourth-order valence-electron chi connectivity index (χ4n) is 3.29. The number of rotatable bonds is 1. The molecule has 9 heteroatoms. The lowest BCUT2D eigenvalue weighted by molar-refractivity contribution is -0.572. The first kappa shape index (κ1) is 16.5. The van der Waals surface area contributed by atoms with Crippen molar-refractivity contribution in [2.75, 3.05) is 0 Å². The lowest BCUT2D eigenvalue weighted by Crippen LogP contribution is -2.28. The molecule has 2 atom stereocenters. The molecule has 0 amide bonds. The van der Waals surface area contributed by atoms with Crippen molar-refractivity contribution in [1.82, 2.24) is 0 Å². The van der Waals surface area contributed by atoms with E-state index < -0.39 is 34.3 Å². The van der Waals surface area contributed by atoms with Crippen LogP contribution in [0.3, 0.4) is 0 Å². The Balaban J connectivity index is 2.18. The number of aryl methyl sites for hydroxylation is 1. The molecule has 2 aliphatic heterocycles. The first-order chi connectivity index (χ1) is 12.1. The number of benzene rings is 1. The third kappa shape index (κ3) is 2.07. The SMILES string of the molecule is Cc1c(F)c(=O)oc2c3c(c4c(c12)OC(C)(C)C=C4)O[C@H]([N+](=O)[O-])[C@H]3O. The average molecular weight is 363 g/mol. The van der Waals surface area contributed by atoms with E-state index in [1.807, 2.05) is 0 Å². The minimum Gasteiger partial charge on any atom is -0.482 e. The Morgan fingerprint density at radius 2 is 2.04 bits per heavy atom. The van der Waals surface area contributed by atoms with Crippen LogP contribution in [-0.2, 0) is 0 Å². The zero-order valence-electron chi connectivity index (χ0n) is 14.0. The Morgan fingerprint density at radius 1 is 1.35 bits per heavy atom. The maximum Gasteiger partial charge on any atom is 0.384 e. The van der Waals surface area contributed by atoms with Crippen LogP contribution < -0.4 is 15.1 Å². The van der Waals surface area contributed by atoms with Gasteiger partial charge in [0.25, 0.3) is 0 Å². The molecule has 0 aliphatic carbocycles. The molecule has 8 nitrogen and oxygen atoms in total. The Bertz CT molecular complexity index is 1070. The summed E-state index contributed by atoms with van der Waals surface area (Å²) in [6.07, 6.45) is -0.0985. The van der Waals surface area contributed by atoms with Crippen molar-refractivity contribution in [1.29, 1.82) is 0 Å². The highest BCUT2D eigenvalue weighted by Crippen LogP contribution is 2.52. The monoisotopic (exact) mass is 363 g/mol. The van der Waals surface area contributed by atoms with Crippen LogP contribution in [0.5, 0.6) is 11.5 Å². The van der Waals surface area contributed by atoms with E-state index in [0.717, 1.165) is 0 Å². The first-order valence-corrected chi connectivity index (χ1v) is 7.81. The van der Waals surface area contributed by atoms with E-state index in [1.54, 1.807) is 26.0 Å². The van der Waals surface area contributed by atoms with Gasteiger partial charge in [-0.25, -0.2) is 4.79 Å². The molecule has 2 aromatic rings. The summed E-state index contributed by atoms with van der Waals surface area (Å²) in [4.78, 5) is 22.2. The van der Waals surface area contributed by atoms with Crippen LogP contribution in [0.4, 0.5) is 4.39 Å². The molecule has 0 bridgehead atoms. The van der Waals surface area contributed by atoms with Crippen molar-refractivity contribution < 1.29 is 28.3 Å². The second-order valence-electron chi connectivity index (χ2n) is 6.80. The van der Waals surface area contributed by atoms with E-state index in [2.05, 4.69) is 0 Å². The summed E-state index contributed by atoms with van der Waals surface area (Å²) in [6.45, 7) is 4.92. The molecule has 1 aromatic heterocycles. The van der Waals surface area contributed by atoms with Gasteiger partial charge in [0.05, 0.1) is 21.4 Å².